The Morgan fingerprint density at radius 2 is 1.82 bits per heavy atom. The highest BCUT2D eigenvalue weighted by Gasteiger charge is 2.12. The molecule has 1 N–H and O–H groups in total. The molecule has 3 heteroatoms. The topological polar surface area (TPSA) is 26.7 Å². The minimum Gasteiger partial charge on any atom is -0.395 e. The fourth-order valence-corrected chi connectivity index (χ4v) is 1.38. The number of nitrogens with zero attached hydrogens (tertiary/aromatic N) is 2. The van der Waals surface area contributed by atoms with E-state index in [0.717, 1.165) is 13.0 Å². The lowest BCUT2D eigenvalue weighted by atomic mass is 10.3. The van der Waals surface area contributed by atoms with Gasteiger partial charge in [0.2, 0.25) is 0 Å². The number of likely N-dealkylation sites (N-methyl/N-ethyl adjacent to an activating group) is 1. The zero-order valence-corrected chi connectivity index (χ0v) is 8.04. The lowest BCUT2D eigenvalue weighted by molar-refractivity contribution is 0.0825. The Hall–Kier alpha value is -0.120. The molecule has 0 aromatic carbocycles. The highest BCUT2D eigenvalue weighted by Crippen LogP contribution is 2.02. The third kappa shape index (κ3) is 3.70. The van der Waals surface area contributed by atoms with Crippen molar-refractivity contribution in [2.45, 2.75) is 19.5 Å². The van der Waals surface area contributed by atoms with Gasteiger partial charge in [0.1, 0.15) is 0 Å². The van der Waals surface area contributed by atoms with Gasteiger partial charge in [0, 0.05) is 6.54 Å². The summed E-state index contributed by atoms with van der Waals surface area (Å²) in [5.41, 5.74) is 0. The smallest absolute Gasteiger partial charge is 0.0613 e. The maximum atomic E-state index is 8.70. The second kappa shape index (κ2) is 5.52. The molecule has 0 amide bonds. The minimum atomic E-state index is 0.237. The highest BCUT2D eigenvalue weighted by molar-refractivity contribution is 4.62. The molecule has 0 heterocycles. The van der Waals surface area contributed by atoms with Crippen molar-refractivity contribution in [2.75, 3.05) is 34.3 Å². The molecule has 1 unspecified atom stereocenters. The number of aliphatic hydroxyl groups is 1. The van der Waals surface area contributed by atoms with E-state index in [1.54, 1.807) is 0 Å². The summed E-state index contributed by atoms with van der Waals surface area (Å²) in [7, 11) is 6.15. The van der Waals surface area contributed by atoms with Crippen molar-refractivity contribution in [3.05, 3.63) is 0 Å². The maximum absolute atomic E-state index is 8.70. The summed E-state index contributed by atoms with van der Waals surface area (Å²) >= 11 is 0. The van der Waals surface area contributed by atoms with E-state index in [-0.39, 0.29) is 6.61 Å². The molecule has 3 nitrogen and oxygen atoms in total. The molecule has 68 valence electrons. The second-order valence-electron chi connectivity index (χ2n) is 3.06. The highest BCUT2D eigenvalue weighted by atomic mass is 16.3. The van der Waals surface area contributed by atoms with Gasteiger partial charge in [-0.3, -0.25) is 9.80 Å². The van der Waals surface area contributed by atoms with E-state index in [1.165, 1.54) is 0 Å². The van der Waals surface area contributed by atoms with Crippen LogP contribution in [0.15, 0.2) is 0 Å². The van der Waals surface area contributed by atoms with E-state index in [9.17, 15) is 0 Å². The van der Waals surface area contributed by atoms with Crippen LogP contribution in [0.4, 0.5) is 0 Å². The monoisotopic (exact) mass is 160 g/mol. The number of hydrogen-bond donors (Lipinski definition) is 1. The molecule has 0 aliphatic heterocycles. The van der Waals surface area contributed by atoms with Crippen molar-refractivity contribution in [1.29, 1.82) is 0 Å². The Morgan fingerprint density at radius 1 is 1.27 bits per heavy atom. The second-order valence-corrected chi connectivity index (χ2v) is 3.06. The fraction of sp³-hybridized carbons (Fsp3) is 1.00. The van der Waals surface area contributed by atoms with Crippen LogP contribution in [0.1, 0.15) is 13.3 Å². The molecule has 0 rings (SSSR count). The Balaban J connectivity index is 3.81. The van der Waals surface area contributed by atoms with E-state index < -0.39 is 0 Å². The van der Waals surface area contributed by atoms with Crippen molar-refractivity contribution in [3.8, 4) is 0 Å². The Morgan fingerprint density at radius 3 is 2.09 bits per heavy atom. The Bertz CT molecular complexity index is 96.1. The summed E-state index contributed by atoms with van der Waals surface area (Å²) in [6, 6.07) is 0. The van der Waals surface area contributed by atoms with Crippen LogP contribution in [-0.2, 0) is 0 Å². The van der Waals surface area contributed by atoms with Crippen molar-refractivity contribution >= 4 is 0 Å². The van der Waals surface area contributed by atoms with E-state index in [2.05, 4.69) is 30.8 Å². The molecule has 0 radical (unpaired) electrons. The SMILES string of the molecule is CCC(N(C)C)N(C)CCO. The molecule has 11 heavy (non-hydrogen) atoms. The quantitative estimate of drug-likeness (QED) is 0.582. The first-order valence-electron chi connectivity index (χ1n) is 4.11. The summed E-state index contributed by atoms with van der Waals surface area (Å²) in [5, 5.41) is 8.70. The van der Waals surface area contributed by atoms with Crippen molar-refractivity contribution in [3.63, 3.8) is 0 Å². The van der Waals surface area contributed by atoms with Crippen LogP contribution < -0.4 is 0 Å². The number of hydrogen-bond acceptors (Lipinski definition) is 3. The molecule has 0 aromatic rings. The molecule has 1 atom stereocenters. The molecule has 0 aliphatic carbocycles. The standard InChI is InChI=1S/C8H20N2O/c1-5-8(9(2)3)10(4)6-7-11/h8,11H,5-7H2,1-4H3. The molecule has 0 fully saturated rings. The van der Waals surface area contributed by atoms with Crippen molar-refractivity contribution in [2.24, 2.45) is 0 Å². The molecule has 0 bridgehead atoms. The van der Waals surface area contributed by atoms with Crippen LogP contribution in [0.2, 0.25) is 0 Å². The summed E-state index contributed by atoms with van der Waals surface area (Å²) in [6.45, 7) is 3.13. The van der Waals surface area contributed by atoms with Gasteiger partial charge in [0.05, 0.1) is 12.8 Å². The van der Waals surface area contributed by atoms with Gasteiger partial charge in [-0.25, -0.2) is 0 Å². The van der Waals surface area contributed by atoms with E-state index in [0.29, 0.717) is 6.17 Å². The van der Waals surface area contributed by atoms with Gasteiger partial charge >= 0.3 is 0 Å². The molecule has 0 aliphatic rings. The number of rotatable bonds is 5. The number of aliphatic hydroxyl groups excluding tert-OH is 1. The fourth-order valence-electron chi connectivity index (χ4n) is 1.38. The van der Waals surface area contributed by atoms with E-state index >= 15 is 0 Å². The first-order valence-corrected chi connectivity index (χ1v) is 4.11. The average molecular weight is 160 g/mol. The third-order valence-electron chi connectivity index (χ3n) is 1.92. The summed E-state index contributed by atoms with van der Waals surface area (Å²) in [4.78, 5) is 4.32. The van der Waals surface area contributed by atoms with Crippen molar-refractivity contribution < 1.29 is 5.11 Å². The van der Waals surface area contributed by atoms with Crippen LogP contribution in [0, 0.1) is 0 Å². The van der Waals surface area contributed by atoms with Crippen LogP contribution in [0.5, 0.6) is 0 Å². The van der Waals surface area contributed by atoms with Crippen LogP contribution in [0.25, 0.3) is 0 Å². The van der Waals surface area contributed by atoms with Gasteiger partial charge in [0.15, 0.2) is 0 Å². The van der Waals surface area contributed by atoms with Gasteiger partial charge in [-0.1, -0.05) is 6.92 Å². The molecule has 0 aromatic heterocycles. The van der Waals surface area contributed by atoms with Crippen molar-refractivity contribution in [1.82, 2.24) is 9.80 Å². The van der Waals surface area contributed by atoms with Gasteiger partial charge in [0.25, 0.3) is 0 Å². The van der Waals surface area contributed by atoms with Gasteiger partial charge in [-0.05, 0) is 27.6 Å². The van der Waals surface area contributed by atoms with E-state index in [4.69, 9.17) is 5.11 Å². The third-order valence-corrected chi connectivity index (χ3v) is 1.92. The summed E-state index contributed by atoms with van der Waals surface area (Å²) in [6.07, 6.45) is 1.53. The summed E-state index contributed by atoms with van der Waals surface area (Å²) in [5.74, 6) is 0. The zero-order chi connectivity index (χ0) is 8.85. The zero-order valence-electron chi connectivity index (χ0n) is 8.04. The average Bonchev–Trinajstić information content (AvgIpc) is 1.88. The predicted octanol–water partition coefficient (Wildman–Crippen LogP) is 0.208. The Labute approximate surface area is 69.6 Å². The Kier molecular flexibility index (Phi) is 5.46. The lowest BCUT2D eigenvalue weighted by Crippen LogP contribution is -2.43. The molecule has 0 saturated carbocycles. The normalized spacial score (nSPS) is 14.5. The first-order chi connectivity index (χ1) is 5.13. The van der Waals surface area contributed by atoms with E-state index in [1.807, 2.05) is 7.05 Å². The summed E-state index contributed by atoms with van der Waals surface area (Å²) < 4.78 is 0. The van der Waals surface area contributed by atoms with Crippen LogP contribution in [-0.4, -0.2) is 55.4 Å². The molecule has 0 spiro atoms. The van der Waals surface area contributed by atoms with Gasteiger partial charge < -0.3 is 5.11 Å². The minimum absolute atomic E-state index is 0.237. The predicted molar refractivity (Wildman–Crippen MR) is 47.5 cm³/mol. The van der Waals surface area contributed by atoms with Gasteiger partial charge in [-0.15, -0.1) is 0 Å². The first kappa shape index (κ1) is 10.9. The molecular formula is C8H20N2O. The van der Waals surface area contributed by atoms with Crippen LogP contribution in [0.3, 0.4) is 0 Å². The molecule has 0 saturated heterocycles. The van der Waals surface area contributed by atoms with Crippen LogP contribution >= 0.6 is 0 Å². The molecular weight excluding hydrogens is 140 g/mol. The largest absolute Gasteiger partial charge is 0.395 e. The van der Waals surface area contributed by atoms with Gasteiger partial charge in [-0.2, -0.15) is 0 Å². The lowest BCUT2D eigenvalue weighted by Gasteiger charge is -2.31. The maximum Gasteiger partial charge on any atom is 0.0613 e.